The lowest BCUT2D eigenvalue weighted by Crippen LogP contribution is -2.15. The second-order valence-electron chi connectivity index (χ2n) is 3.25. The molecule has 1 N–H and O–H groups in total. The molecule has 0 fully saturated rings. The Kier molecular flexibility index (Phi) is 6.38. The SMILES string of the molecule is CNC(CCCOC)c1cc(Br)c(Br)s1. The highest BCUT2D eigenvalue weighted by Crippen LogP contribution is 2.36. The van der Waals surface area contributed by atoms with E-state index in [1.807, 2.05) is 7.05 Å². The van der Waals surface area contributed by atoms with E-state index in [0.717, 1.165) is 27.7 Å². The molecule has 0 aliphatic rings. The van der Waals surface area contributed by atoms with Gasteiger partial charge in [-0.1, -0.05) is 0 Å². The Bertz CT molecular complexity index is 284. The molecule has 86 valence electrons. The summed E-state index contributed by atoms with van der Waals surface area (Å²) >= 11 is 8.79. The van der Waals surface area contributed by atoms with Crippen LogP contribution in [0.5, 0.6) is 0 Å². The van der Waals surface area contributed by atoms with Gasteiger partial charge in [0.15, 0.2) is 0 Å². The van der Waals surface area contributed by atoms with Crippen LogP contribution in [-0.4, -0.2) is 20.8 Å². The number of halogens is 2. The monoisotopic (exact) mass is 355 g/mol. The Morgan fingerprint density at radius 3 is 2.73 bits per heavy atom. The van der Waals surface area contributed by atoms with Crippen molar-refractivity contribution in [2.75, 3.05) is 20.8 Å². The average molecular weight is 357 g/mol. The molecule has 1 rings (SSSR count). The van der Waals surface area contributed by atoms with Crippen LogP contribution in [0.3, 0.4) is 0 Å². The fourth-order valence-corrected chi connectivity index (χ4v) is 3.63. The van der Waals surface area contributed by atoms with Crippen LogP contribution >= 0.6 is 43.2 Å². The molecule has 1 aromatic heterocycles. The molecule has 2 nitrogen and oxygen atoms in total. The number of rotatable bonds is 6. The van der Waals surface area contributed by atoms with Gasteiger partial charge in [0.25, 0.3) is 0 Å². The molecule has 0 aliphatic heterocycles. The summed E-state index contributed by atoms with van der Waals surface area (Å²) in [5.74, 6) is 0. The van der Waals surface area contributed by atoms with Gasteiger partial charge in [0, 0.05) is 29.1 Å². The van der Waals surface area contributed by atoms with E-state index in [4.69, 9.17) is 4.74 Å². The third kappa shape index (κ3) is 4.15. The van der Waals surface area contributed by atoms with E-state index < -0.39 is 0 Å². The topological polar surface area (TPSA) is 21.3 Å². The van der Waals surface area contributed by atoms with E-state index in [1.54, 1.807) is 18.4 Å². The molecule has 0 aliphatic carbocycles. The van der Waals surface area contributed by atoms with E-state index in [2.05, 4.69) is 43.2 Å². The number of hydrogen-bond acceptors (Lipinski definition) is 3. The lowest BCUT2D eigenvalue weighted by molar-refractivity contribution is 0.189. The zero-order valence-corrected chi connectivity index (χ0v) is 12.8. The van der Waals surface area contributed by atoms with E-state index >= 15 is 0 Å². The summed E-state index contributed by atoms with van der Waals surface area (Å²) in [7, 11) is 3.74. The van der Waals surface area contributed by atoms with Gasteiger partial charge in [-0.2, -0.15) is 0 Å². The molecule has 5 heteroatoms. The third-order valence-electron chi connectivity index (χ3n) is 2.20. The summed E-state index contributed by atoms with van der Waals surface area (Å²) in [6.45, 7) is 0.825. The predicted octanol–water partition coefficient (Wildman–Crippen LogP) is 3.96. The molecule has 0 bridgehead atoms. The van der Waals surface area contributed by atoms with Gasteiger partial charge in [-0.05, 0) is 57.8 Å². The minimum absolute atomic E-state index is 0.424. The maximum Gasteiger partial charge on any atom is 0.0843 e. The first-order valence-electron chi connectivity index (χ1n) is 4.80. The van der Waals surface area contributed by atoms with E-state index in [0.29, 0.717) is 6.04 Å². The lowest BCUT2D eigenvalue weighted by atomic mass is 10.1. The predicted molar refractivity (Wildman–Crippen MR) is 72.6 cm³/mol. The Labute approximate surface area is 112 Å². The normalized spacial score (nSPS) is 13.1. The first kappa shape index (κ1) is 13.6. The van der Waals surface area contributed by atoms with Crippen LogP contribution in [0.15, 0.2) is 14.3 Å². The van der Waals surface area contributed by atoms with Gasteiger partial charge in [-0.15, -0.1) is 11.3 Å². The zero-order valence-electron chi connectivity index (χ0n) is 8.85. The van der Waals surface area contributed by atoms with Gasteiger partial charge >= 0.3 is 0 Å². The average Bonchev–Trinajstić information content (AvgIpc) is 2.54. The number of nitrogens with one attached hydrogen (secondary N) is 1. The molecule has 1 heterocycles. The number of ether oxygens (including phenoxy) is 1. The number of methoxy groups -OCH3 is 1. The maximum absolute atomic E-state index is 5.06. The van der Waals surface area contributed by atoms with Crippen molar-refractivity contribution in [3.8, 4) is 0 Å². The molecule has 0 aromatic carbocycles. The van der Waals surface area contributed by atoms with Crippen molar-refractivity contribution in [2.24, 2.45) is 0 Å². The summed E-state index contributed by atoms with van der Waals surface area (Å²) in [5.41, 5.74) is 0. The molecule has 1 aromatic rings. The lowest BCUT2D eigenvalue weighted by Gasteiger charge is -2.13. The first-order chi connectivity index (χ1) is 7.19. The quantitative estimate of drug-likeness (QED) is 0.779. The Morgan fingerprint density at radius 1 is 1.53 bits per heavy atom. The highest BCUT2D eigenvalue weighted by Gasteiger charge is 2.13. The van der Waals surface area contributed by atoms with Crippen LogP contribution in [0, 0.1) is 0 Å². The molecule has 15 heavy (non-hydrogen) atoms. The van der Waals surface area contributed by atoms with Crippen molar-refractivity contribution in [1.82, 2.24) is 5.32 Å². The van der Waals surface area contributed by atoms with Gasteiger partial charge in [0.2, 0.25) is 0 Å². The molecule has 0 spiro atoms. The van der Waals surface area contributed by atoms with Crippen LogP contribution in [0.25, 0.3) is 0 Å². The van der Waals surface area contributed by atoms with Crippen LogP contribution in [0.1, 0.15) is 23.8 Å². The second kappa shape index (κ2) is 7.01. The number of hydrogen-bond donors (Lipinski definition) is 1. The highest BCUT2D eigenvalue weighted by atomic mass is 79.9. The van der Waals surface area contributed by atoms with E-state index in [1.165, 1.54) is 4.88 Å². The fraction of sp³-hybridized carbons (Fsp3) is 0.600. The van der Waals surface area contributed by atoms with Crippen LogP contribution in [0.4, 0.5) is 0 Å². The molecule has 0 saturated heterocycles. The van der Waals surface area contributed by atoms with Crippen molar-refractivity contribution in [3.63, 3.8) is 0 Å². The summed E-state index contributed by atoms with van der Waals surface area (Å²) in [4.78, 5) is 1.35. The largest absolute Gasteiger partial charge is 0.385 e. The van der Waals surface area contributed by atoms with Crippen LogP contribution in [0.2, 0.25) is 0 Å². The molecule has 0 amide bonds. The van der Waals surface area contributed by atoms with Gasteiger partial charge in [0.05, 0.1) is 3.79 Å². The fourth-order valence-electron chi connectivity index (χ4n) is 1.40. The van der Waals surface area contributed by atoms with Crippen molar-refractivity contribution in [2.45, 2.75) is 18.9 Å². The van der Waals surface area contributed by atoms with Crippen molar-refractivity contribution < 1.29 is 4.74 Å². The van der Waals surface area contributed by atoms with E-state index in [9.17, 15) is 0 Å². The minimum Gasteiger partial charge on any atom is -0.385 e. The van der Waals surface area contributed by atoms with Gasteiger partial charge in [-0.25, -0.2) is 0 Å². The Balaban J connectivity index is 2.57. The third-order valence-corrected chi connectivity index (χ3v) is 5.57. The molecule has 0 saturated carbocycles. The maximum atomic E-state index is 5.06. The van der Waals surface area contributed by atoms with Gasteiger partial charge in [-0.3, -0.25) is 0 Å². The zero-order chi connectivity index (χ0) is 11.3. The van der Waals surface area contributed by atoms with Crippen molar-refractivity contribution >= 4 is 43.2 Å². The second-order valence-corrected chi connectivity index (χ2v) is 6.50. The van der Waals surface area contributed by atoms with Crippen molar-refractivity contribution in [3.05, 3.63) is 19.2 Å². The molecular weight excluding hydrogens is 342 g/mol. The van der Waals surface area contributed by atoms with Gasteiger partial charge < -0.3 is 10.1 Å². The number of thiophene rings is 1. The summed E-state index contributed by atoms with van der Waals surface area (Å²) < 4.78 is 7.35. The summed E-state index contributed by atoms with van der Waals surface area (Å²) in [6.07, 6.45) is 2.18. The molecular formula is C10H15Br2NOS. The smallest absolute Gasteiger partial charge is 0.0843 e. The van der Waals surface area contributed by atoms with E-state index in [-0.39, 0.29) is 0 Å². The summed E-state index contributed by atoms with van der Waals surface area (Å²) in [5, 5.41) is 3.33. The Morgan fingerprint density at radius 2 is 2.27 bits per heavy atom. The molecule has 1 atom stereocenters. The van der Waals surface area contributed by atoms with Crippen LogP contribution in [-0.2, 0) is 4.74 Å². The molecule has 0 radical (unpaired) electrons. The van der Waals surface area contributed by atoms with Crippen LogP contribution < -0.4 is 5.32 Å². The standard InChI is InChI=1S/C10H15Br2NOS/c1-13-8(4-3-5-14-2)9-6-7(11)10(12)15-9/h6,8,13H,3-5H2,1-2H3. The first-order valence-corrected chi connectivity index (χ1v) is 7.20. The summed E-state index contributed by atoms with van der Waals surface area (Å²) in [6, 6.07) is 2.59. The van der Waals surface area contributed by atoms with Crippen molar-refractivity contribution in [1.29, 1.82) is 0 Å². The van der Waals surface area contributed by atoms with Gasteiger partial charge in [0.1, 0.15) is 0 Å². The highest BCUT2D eigenvalue weighted by molar-refractivity contribution is 9.13. The molecule has 1 unspecified atom stereocenters. The Hall–Kier alpha value is 0.580. The minimum atomic E-state index is 0.424.